The maximum Gasteiger partial charge on any atom is 0.313 e. The molecule has 0 saturated carbocycles. The van der Waals surface area contributed by atoms with Gasteiger partial charge in [0.25, 0.3) is 0 Å². The molecule has 1 aromatic heterocycles. The van der Waals surface area contributed by atoms with Crippen LogP contribution in [0.25, 0.3) is 11.1 Å². The van der Waals surface area contributed by atoms with Gasteiger partial charge >= 0.3 is 5.91 Å². The molecule has 4 nitrogen and oxygen atoms in total. The number of hydrogen-bond acceptors (Lipinski definition) is 3. The van der Waals surface area contributed by atoms with Crippen molar-refractivity contribution in [2.24, 2.45) is 0 Å². The van der Waals surface area contributed by atoms with Gasteiger partial charge in [-0.3, -0.25) is 9.63 Å². The summed E-state index contributed by atoms with van der Waals surface area (Å²) in [5, 5.41) is 1.40. The molecular formula is C15H15NO3. The smallest absolute Gasteiger partial charge is 0.313 e. The molecule has 1 fully saturated rings. The van der Waals surface area contributed by atoms with Crippen LogP contribution in [0, 0.1) is 0 Å². The van der Waals surface area contributed by atoms with E-state index in [9.17, 15) is 4.79 Å². The molecule has 3 rings (SSSR count). The Morgan fingerprint density at radius 2 is 1.95 bits per heavy atom. The summed E-state index contributed by atoms with van der Waals surface area (Å²) >= 11 is 0. The molecule has 4 heteroatoms. The lowest BCUT2D eigenvalue weighted by Crippen LogP contribution is -2.35. The molecule has 1 aromatic carbocycles. The monoisotopic (exact) mass is 257 g/mol. The van der Waals surface area contributed by atoms with Crippen LogP contribution in [0.4, 0.5) is 0 Å². The molecule has 1 aliphatic heterocycles. The summed E-state index contributed by atoms with van der Waals surface area (Å²) in [5.41, 5.74) is 1.77. The van der Waals surface area contributed by atoms with E-state index >= 15 is 0 Å². The maximum absolute atomic E-state index is 12.4. The van der Waals surface area contributed by atoms with Crippen LogP contribution in [-0.2, 0) is 4.84 Å². The Balaban J connectivity index is 1.89. The standard InChI is InChI=1S/C15H15NO3/c17-15(16-9-4-5-10-19-16)14-13(8-11-18-14)12-6-2-1-3-7-12/h1-3,6-8,11H,4-5,9-10H2. The van der Waals surface area contributed by atoms with E-state index in [0.717, 1.165) is 24.0 Å². The molecule has 0 radical (unpaired) electrons. The van der Waals surface area contributed by atoms with E-state index in [1.54, 1.807) is 6.26 Å². The van der Waals surface area contributed by atoms with E-state index in [-0.39, 0.29) is 5.91 Å². The first-order valence-electron chi connectivity index (χ1n) is 6.44. The van der Waals surface area contributed by atoms with Crippen LogP contribution >= 0.6 is 0 Å². The van der Waals surface area contributed by atoms with Gasteiger partial charge in [-0.2, -0.15) is 0 Å². The highest BCUT2D eigenvalue weighted by Crippen LogP contribution is 2.26. The summed E-state index contributed by atoms with van der Waals surface area (Å²) in [6, 6.07) is 11.5. The first-order chi connectivity index (χ1) is 9.36. The number of furan rings is 1. The van der Waals surface area contributed by atoms with Gasteiger partial charge in [-0.05, 0) is 24.5 Å². The van der Waals surface area contributed by atoms with E-state index in [4.69, 9.17) is 9.25 Å². The maximum atomic E-state index is 12.4. The normalized spacial score (nSPS) is 15.5. The number of hydrogen-bond donors (Lipinski definition) is 0. The summed E-state index contributed by atoms with van der Waals surface area (Å²) in [6.07, 6.45) is 3.50. The molecule has 2 aromatic rings. The van der Waals surface area contributed by atoms with Crippen LogP contribution in [0.2, 0.25) is 0 Å². The third kappa shape index (κ3) is 2.39. The minimum absolute atomic E-state index is 0.205. The largest absolute Gasteiger partial charge is 0.458 e. The quantitative estimate of drug-likeness (QED) is 0.830. The van der Waals surface area contributed by atoms with Gasteiger partial charge in [-0.15, -0.1) is 0 Å². The molecule has 19 heavy (non-hydrogen) atoms. The van der Waals surface area contributed by atoms with Crippen LogP contribution in [-0.4, -0.2) is 24.1 Å². The lowest BCUT2D eigenvalue weighted by molar-refractivity contribution is -0.145. The average molecular weight is 257 g/mol. The second-order valence-corrected chi connectivity index (χ2v) is 4.48. The first kappa shape index (κ1) is 12.0. The van der Waals surface area contributed by atoms with Crippen molar-refractivity contribution >= 4 is 5.91 Å². The van der Waals surface area contributed by atoms with Gasteiger partial charge in [0.1, 0.15) is 0 Å². The van der Waals surface area contributed by atoms with Gasteiger partial charge in [0.15, 0.2) is 0 Å². The Morgan fingerprint density at radius 3 is 2.68 bits per heavy atom. The van der Waals surface area contributed by atoms with Crippen molar-refractivity contribution in [2.75, 3.05) is 13.2 Å². The van der Waals surface area contributed by atoms with Crippen molar-refractivity contribution < 1.29 is 14.0 Å². The van der Waals surface area contributed by atoms with Gasteiger partial charge in [0.05, 0.1) is 12.9 Å². The molecule has 0 aliphatic carbocycles. The second-order valence-electron chi connectivity index (χ2n) is 4.48. The molecule has 0 unspecified atom stereocenters. The fraction of sp³-hybridized carbons (Fsp3) is 0.267. The molecule has 1 amide bonds. The van der Waals surface area contributed by atoms with Crippen molar-refractivity contribution in [3.05, 3.63) is 48.4 Å². The number of carbonyl (C=O) groups is 1. The second kappa shape index (κ2) is 5.28. The van der Waals surface area contributed by atoms with Crippen molar-refractivity contribution in [1.82, 2.24) is 5.06 Å². The zero-order valence-corrected chi connectivity index (χ0v) is 10.5. The zero-order chi connectivity index (χ0) is 13.1. The summed E-state index contributed by atoms with van der Waals surface area (Å²) in [5.74, 6) is 0.136. The molecule has 0 atom stereocenters. The van der Waals surface area contributed by atoms with Crippen molar-refractivity contribution in [2.45, 2.75) is 12.8 Å². The van der Waals surface area contributed by atoms with Crippen molar-refractivity contribution in [3.8, 4) is 11.1 Å². The van der Waals surface area contributed by atoms with E-state index in [0.29, 0.717) is 18.9 Å². The molecule has 0 spiro atoms. The Morgan fingerprint density at radius 1 is 1.11 bits per heavy atom. The van der Waals surface area contributed by atoms with Gasteiger partial charge in [0.2, 0.25) is 5.76 Å². The molecule has 2 heterocycles. The van der Waals surface area contributed by atoms with E-state index in [1.165, 1.54) is 5.06 Å². The number of benzene rings is 1. The molecule has 1 saturated heterocycles. The van der Waals surface area contributed by atoms with Gasteiger partial charge in [0, 0.05) is 12.1 Å². The zero-order valence-electron chi connectivity index (χ0n) is 10.5. The van der Waals surface area contributed by atoms with Crippen molar-refractivity contribution in [3.63, 3.8) is 0 Å². The number of nitrogens with zero attached hydrogens (tertiary/aromatic N) is 1. The third-order valence-corrected chi connectivity index (χ3v) is 3.17. The van der Waals surface area contributed by atoms with Gasteiger partial charge in [-0.25, -0.2) is 5.06 Å². The number of hydroxylamine groups is 2. The lowest BCUT2D eigenvalue weighted by Gasteiger charge is -2.25. The van der Waals surface area contributed by atoms with Crippen molar-refractivity contribution in [1.29, 1.82) is 0 Å². The van der Waals surface area contributed by atoms with Crippen LogP contribution in [0.3, 0.4) is 0 Å². The molecular weight excluding hydrogens is 242 g/mol. The molecule has 98 valence electrons. The van der Waals surface area contributed by atoms with Crippen LogP contribution in [0.5, 0.6) is 0 Å². The van der Waals surface area contributed by atoms with Crippen LogP contribution in [0.15, 0.2) is 47.1 Å². The molecule has 0 bridgehead atoms. The SMILES string of the molecule is O=C(c1occc1-c1ccccc1)N1CCCCO1. The minimum atomic E-state index is -0.205. The Kier molecular flexibility index (Phi) is 3.33. The van der Waals surface area contributed by atoms with Crippen LogP contribution < -0.4 is 0 Å². The highest BCUT2D eigenvalue weighted by atomic mass is 16.7. The third-order valence-electron chi connectivity index (χ3n) is 3.17. The molecule has 0 N–H and O–H groups in total. The first-order valence-corrected chi connectivity index (χ1v) is 6.44. The highest BCUT2D eigenvalue weighted by Gasteiger charge is 2.25. The summed E-state index contributed by atoms with van der Waals surface area (Å²) in [4.78, 5) is 17.7. The Bertz CT molecular complexity index is 556. The number of amides is 1. The predicted octanol–water partition coefficient (Wildman–Crippen LogP) is 3.11. The summed E-state index contributed by atoms with van der Waals surface area (Å²) in [7, 11) is 0. The topological polar surface area (TPSA) is 42.7 Å². The fourth-order valence-corrected chi connectivity index (χ4v) is 2.19. The average Bonchev–Trinajstić information content (AvgIpc) is 2.98. The fourth-order valence-electron chi connectivity index (χ4n) is 2.19. The summed E-state index contributed by atoms with van der Waals surface area (Å²) in [6.45, 7) is 1.21. The molecule has 1 aliphatic rings. The lowest BCUT2D eigenvalue weighted by atomic mass is 10.1. The van der Waals surface area contributed by atoms with E-state index < -0.39 is 0 Å². The number of carbonyl (C=O) groups excluding carboxylic acids is 1. The van der Waals surface area contributed by atoms with E-state index in [2.05, 4.69) is 0 Å². The summed E-state index contributed by atoms with van der Waals surface area (Å²) < 4.78 is 5.36. The Labute approximate surface area is 111 Å². The van der Waals surface area contributed by atoms with Gasteiger partial charge < -0.3 is 4.42 Å². The highest BCUT2D eigenvalue weighted by molar-refractivity contribution is 5.97. The van der Waals surface area contributed by atoms with Crippen LogP contribution in [0.1, 0.15) is 23.4 Å². The van der Waals surface area contributed by atoms with Gasteiger partial charge in [-0.1, -0.05) is 30.3 Å². The number of rotatable bonds is 2. The Hall–Kier alpha value is -2.07. The van der Waals surface area contributed by atoms with E-state index in [1.807, 2.05) is 36.4 Å². The predicted molar refractivity (Wildman–Crippen MR) is 70.4 cm³/mol. The minimum Gasteiger partial charge on any atom is -0.458 e.